The smallest absolute Gasteiger partial charge is 0.222 e. The fourth-order valence-corrected chi connectivity index (χ4v) is 4.05. The van der Waals surface area contributed by atoms with Gasteiger partial charge in [0.1, 0.15) is 5.01 Å². The third kappa shape index (κ3) is 4.30. The van der Waals surface area contributed by atoms with Gasteiger partial charge in [-0.2, -0.15) is 5.10 Å². The second kappa shape index (κ2) is 7.72. The van der Waals surface area contributed by atoms with E-state index in [4.69, 9.17) is 0 Å². The summed E-state index contributed by atoms with van der Waals surface area (Å²) < 4.78 is 1.88. The number of amides is 1. The largest absolute Gasteiger partial charge is 0.346 e. The van der Waals surface area contributed by atoms with Crippen LogP contribution in [-0.2, 0) is 17.8 Å². The highest BCUT2D eigenvalue weighted by atomic mass is 32.1. The molecule has 3 aromatic heterocycles. The molecular weight excluding hydrogens is 340 g/mol. The highest BCUT2D eigenvalue weighted by molar-refractivity contribution is 7.10. The first-order valence-electron chi connectivity index (χ1n) is 7.84. The zero-order valence-electron chi connectivity index (χ0n) is 13.7. The number of rotatable bonds is 7. The van der Waals surface area contributed by atoms with Crippen LogP contribution in [0.3, 0.4) is 0 Å². The van der Waals surface area contributed by atoms with Crippen LogP contribution in [0.1, 0.15) is 33.7 Å². The molecule has 24 heavy (non-hydrogen) atoms. The van der Waals surface area contributed by atoms with Crippen molar-refractivity contribution in [2.45, 2.75) is 39.3 Å². The van der Waals surface area contributed by atoms with E-state index >= 15 is 0 Å². The third-order valence-corrected chi connectivity index (χ3v) is 5.51. The van der Waals surface area contributed by atoms with E-state index in [2.05, 4.69) is 26.8 Å². The number of aryl methyl sites for hydroxylation is 3. The average Bonchev–Trinajstić information content (AvgIpc) is 3.27. The molecule has 1 amide bonds. The minimum Gasteiger partial charge on any atom is -0.346 e. The fourth-order valence-electron chi connectivity index (χ4n) is 2.61. The number of thiophene rings is 1. The van der Waals surface area contributed by atoms with Gasteiger partial charge < -0.3 is 5.32 Å². The first-order chi connectivity index (χ1) is 11.6. The summed E-state index contributed by atoms with van der Waals surface area (Å²) in [4.78, 5) is 18.0. The maximum absolute atomic E-state index is 12.4. The van der Waals surface area contributed by atoms with E-state index in [9.17, 15) is 4.79 Å². The van der Waals surface area contributed by atoms with Gasteiger partial charge in [0.25, 0.3) is 0 Å². The second-order valence-electron chi connectivity index (χ2n) is 5.67. The Morgan fingerprint density at radius 2 is 2.21 bits per heavy atom. The molecule has 7 heteroatoms. The van der Waals surface area contributed by atoms with Crippen molar-refractivity contribution in [1.29, 1.82) is 0 Å². The molecule has 0 aliphatic carbocycles. The lowest BCUT2D eigenvalue weighted by Gasteiger charge is -2.16. The molecule has 1 N–H and O–H groups in total. The van der Waals surface area contributed by atoms with Crippen molar-refractivity contribution in [2.75, 3.05) is 0 Å². The number of carbonyl (C=O) groups excluding carboxylic acids is 1. The molecule has 0 aliphatic heterocycles. The normalized spacial score (nSPS) is 12.2. The van der Waals surface area contributed by atoms with Crippen LogP contribution in [0.15, 0.2) is 35.2 Å². The Labute approximate surface area is 149 Å². The Balaban J connectivity index is 1.61. The summed E-state index contributed by atoms with van der Waals surface area (Å²) in [5.41, 5.74) is 2.06. The van der Waals surface area contributed by atoms with Gasteiger partial charge in [0.15, 0.2) is 0 Å². The van der Waals surface area contributed by atoms with Crippen LogP contribution in [0.2, 0.25) is 0 Å². The van der Waals surface area contributed by atoms with Crippen LogP contribution in [0.25, 0.3) is 0 Å². The van der Waals surface area contributed by atoms with E-state index in [1.54, 1.807) is 28.9 Å². The first kappa shape index (κ1) is 16.9. The molecular formula is C17H20N4OS2. The molecule has 3 rings (SSSR count). The van der Waals surface area contributed by atoms with Crippen molar-refractivity contribution in [2.24, 2.45) is 0 Å². The molecule has 0 aromatic carbocycles. The van der Waals surface area contributed by atoms with E-state index in [0.717, 1.165) is 22.8 Å². The summed E-state index contributed by atoms with van der Waals surface area (Å²) in [5, 5.41) is 12.5. The first-order valence-corrected chi connectivity index (χ1v) is 9.60. The van der Waals surface area contributed by atoms with Crippen LogP contribution < -0.4 is 5.32 Å². The minimum atomic E-state index is -0.0726. The van der Waals surface area contributed by atoms with Gasteiger partial charge in [-0.1, -0.05) is 6.07 Å². The maximum atomic E-state index is 12.4. The summed E-state index contributed by atoms with van der Waals surface area (Å²) in [6.07, 6.45) is 2.97. The van der Waals surface area contributed by atoms with Crippen molar-refractivity contribution >= 4 is 28.6 Å². The summed E-state index contributed by atoms with van der Waals surface area (Å²) in [5.74, 6) is 0.0271. The van der Waals surface area contributed by atoms with Crippen molar-refractivity contribution < 1.29 is 4.79 Å². The van der Waals surface area contributed by atoms with Gasteiger partial charge >= 0.3 is 0 Å². The number of hydrogen-bond acceptors (Lipinski definition) is 5. The van der Waals surface area contributed by atoms with Crippen LogP contribution in [0, 0.1) is 13.8 Å². The molecule has 0 aliphatic rings. The lowest BCUT2D eigenvalue weighted by molar-refractivity contribution is -0.122. The lowest BCUT2D eigenvalue weighted by atomic mass is 10.2. The Morgan fingerprint density at radius 1 is 1.33 bits per heavy atom. The molecule has 3 heterocycles. The van der Waals surface area contributed by atoms with Crippen molar-refractivity contribution in [3.05, 3.63) is 56.4 Å². The lowest BCUT2D eigenvalue weighted by Crippen LogP contribution is -2.30. The number of nitrogens with zero attached hydrogens (tertiary/aromatic N) is 3. The molecule has 0 saturated heterocycles. The summed E-state index contributed by atoms with van der Waals surface area (Å²) in [7, 11) is 0. The molecule has 3 aromatic rings. The second-order valence-corrected chi connectivity index (χ2v) is 7.63. The molecule has 0 unspecified atom stereocenters. The third-order valence-electron chi connectivity index (χ3n) is 3.72. The van der Waals surface area contributed by atoms with Crippen molar-refractivity contribution in [3.63, 3.8) is 0 Å². The van der Waals surface area contributed by atoms with Gasteiger partial charge in [-0.05, 0) is 31.4 Å². The van der Waals surface area contributed by atoms with Crippen LogP contribution in [0.5, 0.6) is 0 Å². The highest BCUT2D eigenvalue weighted by Crippen LogP contribution is 2.23. The predicted octanol–water partition coefficient (Wildman–Crippen LogP) is 3.51. The minimum absolute atomic E-state index is 0.0271. The summed E-state index contributed by atoms with van der Waals surface area (Å²) in [6, 6.07) is 6.07. The van der Waals surface area contributed by atoms with Gasteiger partial charge in [-0.25, -0.2) is 4.98 Å². The van der Waals surface area contributed by atoms with E-state index < -0.39 is 0 Å². The molecule has 5 nitrogen and oxygen atoms in total. The van der Waals surface area contributed by atoms with Gasteiger partial charge in [-0.15, -0.1) is 22.7 Å². The van der Waals surface area contributed by atoms with Gasteiger partial charge in [0, 0.05) is 41.5 Å². The maximum Gasteiger partial charge on any atom is 0.222 e. The predicted molar refractivity (Wildman–Crippen MR) is 97.3 cm³/mol. The Morgan fingerprint density at radius 3 is 2.83 bits per heavy atom. The highest BCUT2D eigenvalue weighted by Gasteiger charge is 2.18. The van der Waals surface area contributed by atoms with Crippen LogP contribution >= 0.6 is 22.7 Å². The number of carbonyl (C=O) groups is 1. The standard InChI is InChI=1S/C17H20N4OS2/c1-12-10-13(2)21(20-12)7-5-16(22)19-15(17-18-6-9-24-17)11-14-4-3-8-23-14/h3-4,6,8-10,15H,5,7,11H2,1-2H3,(H,19,22)/t15-/m1/s1. The summed E-state index contributed by atoms with van der Waals surface area (Å²) in [6.45, 7) is 4.56. The Bertz CT molecular complexity index is 778. The van der Waals surface area contributed by atoms with E-state index in [0.29, 0.717) is 13.0 Å². The molecule has 0 saturated carbocycles. The Hall–Kier alpha value is -1.99. The van der Waals surface area contributed by atoms with Gasteiger partial charge in [0.05, 0.1) is 11.7 Å². The van der Waals surface area contributed by atoms with Crippen LogP contribution in [-0.4, -0.2) is 20.7 Å². The molecule has 0 radical (unpaired) electrons. The van der Waals surface area contributed by atoms with Gasteiger partial charge in [0.2, 0.25) is 5.91 Å². The molecule has 1 atom stereocenters. The van der Waals surface area contributed by atoms with Crippen molar-refractivity contribution in [3.8, 4) is 0 Å². The number of aromatic nitrogens is 3. The van der Waals surface area contributed by atoms with Gasteiger partial charge in [-0.3, -0.25) is 9.48 Å². The zero-order valence-corrected chi connectivity index (χ0v) is 15.4. The number of nitrogens with one attached hydrogen (secondary N) is 1. The number of thiazole rings is 1. The van der Waals surface area contributed by atoms with E-state index in [1.165, 1.54) is 4.88 Å². The SMILES string of the molecule is Cc1cc(C)n(CCC(=O)N[C@H](Cc2cccs2)c2nccs2)n1. The Kier molecular flexibility index (Phi) is 5.42. The molecule has 0 fully saturated rings. The quantitative estimate of drug-likeness (QED) is 0.701. The van der Waals surface area contributed by atoms with E-state index in [1.807, 2.05) is 36.0 Å². The monoisotopic (exact) mass is 360 g/mol. The molecule has 0 bridgehead atoms. The average molecular weight is 361 g/mol. The van der Waals surface area contributed by atoms with E-state index in [-0.39, 0.29) is 11.9 Å². The zero-order chi connectivity index (χ0) is 16.9. The van der Waals surface area contributed by atoms with Crippen molar-refractivity contribution in [1.82, 2.24) is 20.1 Å². The fraction of sp³-hybridized carbons (Fsp3) is 0.353. The molecule has 0 spiro atoms. The molecule has 126 valence electrons. The topological polar surface area (TPSA) is 59.8 Å². The summed E-state index contributed by atoms with van der Waals surface area (Å²) >= 11 is 3.28. The van der Waals surface area contributed by atoms with Crippen LogP contribution in [0.4, 0.5) is 0 Å². The number of hydrogen-bond donors (Lipinski definition) is 1.